The zero-order valence-corrected chi connectivity index (χ0v) is 14.2. The Balaban J connectivity index is 1.90. The highest BCUT2D eigenvalue weighted by molar-refractivity contribution is 9.10. The summed E-state index contributed by atoms with van der Waals surface area (Å²) < 4.78 is 13.0. The molecule has 0 aromatic heterocycles. The molecule has 2 heterocycles. The normalized spacial score (nSPS) is 13.4. The molecule has 0 amide bonds. The molecule has 0 radical (unpaired) electrons. The quantitative estimate of drug-likeness (QED) is 0.379. The number of para-hydroxylation sites is 2. The predicted molar refractivity (Wildman–Crippen MR) is 96.8 cm³/mol. The number of hydrogen-bond acceptors (Lipinski definition) is 2. The molecule has 2 aliphatic heterocycles. The SMILES string of the molecule is Clc1c(Br)cc2c3c1Oc1ccccc1B3c1ccccc1O2. The molecule has 0 fully saturated rings. The van der Waals surface area contributed by atoms with E-state index in [1.165, 1.54) is 0 Å². The lowest BCUT2D eigenvalue weighted by atomic mass is 9.35. The van der Waals surface area contributed by atoms with E-state index in [2.05, 4.69) is 28.1 Å². The van der Waals surface area contributed by atoms with Crippen LogP contribution in [0.2, 0.25) is 5.02 Å². The minimum Gasteiger partial charge on any atom is -0.458 e. The second-order valence-corrected chi connectivity index (χ2v) is 6.86. The van der Waals surface area contributed by atoms with Crippen molar-refractivity contribution in [2.75, 3.05) is 0 Å². The van der Waals surface area contributed by atoms with Crippen LogP contribution in [-0.4, -0.2) is 6.71 Å². The molecule has 0 atom stereocenters. The maximum atomic E-state index is 6.50. The molecule has 0 N–H and O–H groups in total. The summed E-state index contributed by atoms with van der Waals surface area (Å²) in [5.41, 5.74) is 3.27. The lowest BCUT2D eigenvalue weighted by Gasteiger charge is -2.33. The third kappa shape index (κ3) is 1.82. The Bertz CT molecular complexity index is 962. The number of halogens is 2. The standard InChI is InChI=1S/C18H9BBrClO2/c20-12-9-15-16-18(17(12)21)23-14-8-4-2-6-11(14)19(16)10-5-1-3-7-13(10)22-15/h1-9H. The van der Waals surface area contributed by atoms with Crippen molar-refractivity contribution in [2.45, 2.75) is 0 Å². The first-order valence-corrected chi connectivity index (χ1v) is 8.46. The Morgan fingerprint density at radius 1 is 0.826 bits per heavy atom. The Hall–Kier alpha value is -1.91. The van der Waals surface area contributed by atoms with Gasteiger partial charge in [-0.3, -0.25) is 0 Å². The lowest BCUT2D eigenvalue weighted by Crippen LogP contribution is -2.57. The minimum absolute atomic E-state index is 0.0699. The van der Waals surface area contributed by atoms with Gasteiger partial charge in [-0.1, -0.05) is 48.0 Å². The first-order valence-electron chi connectivity index (χ1n) is 7.29. The monoisotopic (exact) mass is 382 g/mol. The van der Waals surface area contributed by atoms with Gasteiger partial charge in [-0.05, 0) is 45.1 Å². The smallest absolute Gasteiger partial charge is 0.260 e. The van der Waals surface area contributed by atoms with Gasteiger partial charge in [-0.15, -0.1) is 0 Å². The summed E-state index contributed by atoms with van der Waals surface area (Å²) in [6.07, 6.45) is 0. The van der Waals surface area contributed by atoms with Gasteiger partial charge in [0.2, 0.25) is 0 Å². The summed E-state index contributed by atoms with van der Waals surface area (Å²) in [6.45, 7) is 0.0699. The average Bonchev–Trinajstić information content (AvgIpc) is 2.59. The highest BCUT2D eigenvalue weighted by Crippen LogP contribution is 2.42. The number of hydrogen-bond donors (Lipinski definition) is 0. The molecule has 23 heavy (non-hydrogen) atoms. The maximum absolute atomic E-state index is 6.50. The highest BCUT2D eigenvalue weighted by Gasteiger charge is 2.41. The number of benzene rings is 3. The van der Waals surface area contributed by atoms with E-state index in [1.807, 2.05) is 42.5 Å². The van der Waals surface area contributed by atoms with Gasteiger partial charge < -0.3 is 9.47 Å². The predicted octanol–water partition coefficient (Wildman–Crippen LogP) is 3.83. The molecule has 5 heteroatoms. The van der Waals surface area contributed by atoms with Gasteiger partial charge in [0.15, 0.2) is 0 Å². The minimum atomic E-state index is 0.0699. The van der Waals surface area contributed by atoms with Gasteiger partial charge in [-0.2, -0.15) is 0 Å². The van der Waals surface area contributed by atoms with E-state index in [4.69, 9.17) is 21.1 Å². The Labute approximate surface area is 147 Å². The van der Waals surface area contributed by atoms with Gasteiger partial charge in [-0.25, -0.2) is 0 Å². The average molecular weight is 383 g/mol. The van der Waals surface area contributed by atoms with Crippen molar-refractivity contribution < 1.29 is 9.47 Å². The summed E-state index contributed by atoms with van der Waals surface area (Å²) in [4.78, 5) is 0. The lowest BCUT2D eigenvalue weighted by molar-refractivity contribution is 0.464. The van der Waals surface area contributed by atoms with E-state index in [0.717, 1.165) is 38.1 Å². The third-order valence-electron chi connectivity index (χ3n) is 4.36. The van der Waals surface area contributed by atoms with E-state index in [-0.39, 0.29) is 6.71 Å². The van der Waals surface area contributed by atoms with Crippen molar-refractivity contribution >= 4 is 50.6 Å². The Morgan fingerprint density at radius 2 is 1.43 bits per heavy atom. The largest absolute Gasteiger partial charge is 0.458 e. The zero-order valence-electron chi connectivity index (χ0n) is 11.8. The fourth-order valence-corrected chi connectivity index (χ4v) is 3.97. The second kappa shape index (κ2) is 4.79. The topological polar surface area (TPSA) is 18.5 Å². The summed E-state index contributed by atoms with van der Waals surface area (Å²) in [7, 11) is 0. The van der Waals surface area contributed by atoms with Crippen molar-refractivity contribution in [3.05, 3.63) is 64.1 Å². The van der Waals surface area contributed by atoms with E-state index in [0.29, 0.717) is 10.8 Å². The Morgan fingerprint density at radius 3 is 2.13 bits per heavy atom. The molecule has 0 bridgehead atoms. The van der Waals surface area contributed by atoms with E-state index >= 15 is 0 Å². The van der Waals surface area contributed by atoms with Crippen molar-refractivity contribution in [1.29, 1.82) is 0 Å². The first-order chi connectivity index (χ1) is 11.2. The molecule has 2 aliphatic rings. The van der Waals surface area contributed by atoms with Crippen LogP contribution in [0, 0.1) is 0 Å². The molecule has 110 valence electrons. The Kier molecular flexibility index (Phi) is 2.82. The number of rotatable bonds is 0. The van der Waals surface area contributed by atoms with Gasteiger partial charge in [0.1, 0.15) is 23.0 Å². The molecule has 0 saturated carbocycles. The van der Waals surface area contributed by atoms with Gasteiger partial charge in [0.25, 0.3) is 6.71 Å². The third-order valence-corrected chi connectivity index (χ3v) is 5.59. The van der Waals surface area contributed by atoms with Gasteiger partial charge in [0.05, 0.1) is 5.02 Å². The second-order valence-electron chi connectivity index (χ2n) is 5.63. The number of fused-ring (bicyclic) bond motifs is 4. The molecular weight excluding hydrogens is 374 g/mol. The van der Waals surface area contributed by atoms with Crippen LogP contribution in [0.3, 0.4) is 0 Å². The van der Waals surface area contributed by atoms with Crippen LogP contribution >= 0.6 is 27.5 Å². The van der Waals surface area contributed by atoms with E-state index in [9.17, 15) is 0 Å². The van der Waals surface area contributed by atoms with Gasteiger partial charge in [0, 0.05) is 9.94 Å². The van der Waals surface area contributed by atoms with Crippen molar-refractivity contribution in [3.63, 3.8) is 0 Å². The molecule has 0 unspecified atom stereocenters. The summed E-state index contributed by atoms with van der Waals surface area (Å²) in [5.74, 6) is 3.18. The van der Waals surface area contributed by atoms with Gasteiger partial charge >= 0.3 is 0 Å². The zero-order chi connectivity index (χ0) is 15.6. The molecule has 0 spiro atoms. The molecule has 0 saturated heterocycles. The van der Waals surface area contributed by atoms with Crippen LogP contribution in [0.15, 0.2) is 59.1 Å². The summed E-state index contributed by atoms with van der Waals surface area (Å²) in [6, 6.07) is 18.1. The maximum Gasteiger partial charge on any atom is 0.260 e. The summed E-state index contributed by atoms with van der Waals surface area (Å²) >= 11 is 9.99. The van der Waals surface area contributed by atoms with Crippen LogP contribution in [0.1, 0.15) is 0 Å². The van der Waals surface area contributed by atoms with E-state index in [1.54, 1.807) is 0 Å². The fraction of sp³-hybridized carbons (Fsp3) is 0. The first kappa shape index (κ1) is 13.5. The molecular formula is C18H9BBrClO2. The molecule has 5 rings (SSSR count). The van der Waals surface area contributed by atoms with Crippen LogP contribution < -0.4 is 25.9 Å². The van der Waals surface area contributed by atoms with Crippen LogP contribution in [-0.2, 0) is 0 Å². The highest BCUT2D eigenvalue weighted by atomic mass is 79.9. The molecule has 2 nitrogen and oxygen atoms in total. The van der Waals surface area contributed by atoms with Crippen LogP contribution in [0.4, 0.5) is 0 Å². The summed E-state index contributed by atoms with van der Waals surface area (Å²) in [5, 5.41) is 0.575. The van der Waals surface area contributed by atoms with Crippen molar-refractivity contribution in [1.82, 2.24) is 0 Å². The van der Waals surface area contributed by atoms with Crippen LogP contribution in [0.5, 0.6) is 23.0 Å². The van der Waals surface area contributed by atoms with Crippen molar-refractivity contribution in [2.24, 2.45) is 0 Å². The molecule has 3 aromatic carbocycles. The van der Waals surface area contributed by atoms with Crippen molar-refractivity contribution in [3.8, 4) is 23.0 Å². The fourth-order valence-electron chi connectivity index (χ4n) is 3.38. The number of ether oxygens (including phenoxy) is 2. The molecule has 0 aliphatic carbocycles. The van der Waals surface area contributed by atoms with Crippen LogP contribution in [0.25, 0.3) is 0 Å². The van der Waals surface area contributed by atoms with E-state index < -0.39 is 0 Å². The molecule has 3 aromatic rings.